The fourth-order valence-electron chi connectivity index (χ4n) is 2.94. The van der Waals surface area contributed by atoms with E-state index in [2.05, 4.69) is 13.8 Å². The Bertz CT molecular complexity index is 483. The van der Waals surface area contributed by atoms with Crippen LogP contribution in [0.25, 0.3) is 0 Å². The molecule has 4 nitrogen and oxygen atoms in total. The van der Waals surface area contributed by atoms with Gasteiger partial charge in [0.25, 0.3) is 0 Å². The van der Waals surface area contributed by atoms with E-state index in [1.165, 1.54) is 0 Å². The maximum atomic E-state index is 6.39. The van der Waals surface area contributed by atoms with Crippen LogP contribution in [0.5, 0.6) is 17.2 Å². The summed E-state index contributed by atoms with van der Waals surface area (Å²) < 4.78 is 17.6. The minimum atomic E-state index is -0.164. The molecule has 2 rings (SSSR count). The summed E-state index contributed by atoms with van der Waals surface area (Å²) in [5, 5.41) is 0. The second-order valence-corrected chi connectivity index (χ2v) is 5.51. The Morgan fingerprint density at radius 2 is 1.67 bits per heavy atom. The first kappa shape index (κ1) is 16.0. The van der Waals surface area contributed by atoms with Gasteiger partial charge in [0.2, 0.25) is 0 Å². The van der Waals surface area contributed by atoms with Gasteiger partial charge in [-0.1, -0.05) is 13.8 Å². The van der Waals surface area contributed by atoms with E-state index in [-0.39, 0.29) is 11.6 Å². The lowest BCUT2D eigenvalue weighted by Crippen LogP contribution is -2.42. The molecule has 1 aliphatic rings. The van der Waals surface area contributed by atoms with Crippen molar-refractivity contribution >= 4 is 0 Å². The van der Waals surface area contributed by atoms with E-state index in [4.69, 9.17) is 19.9 Å². The molecule has 0 aliphatic carbocycles. The van der Waals surface area contributed by atoms with Crippen molar-refractivity contribution in [3.8, 4) is 17.2 Å². The van der Waals surface area contributed by atoms with E-state index in [1.54, 1.807) is 0 Å². The zero-order chi connectivity index (χ0) is 15.5. The van der Waals surface area contributed by atoms with Gasteiger partial charge < -0.3 is 19.9 Å². The average molecular weight is 293 g/mol. The van der Waals surface area contributed by atoms with Gasteiger partial charge in [0.15, 0.2) is 11.5 Å². The Balaban J connectivity index is 2.43. The third-order valence-electron chi connectivity index (χ3n) is 4.28. The van der Waals surface area contributed by atoms with E-state index < -0.39 is 0 Å². The molecule has 2 N–H and O–H groups in total. The topological polar surface area (TPSA) is 53.7 Å². The summed E-state index contributed by atoms with van der Waals surface area (Å²) >= 11 is 0. The molecule has 0 bridgehead atoms. The summed E-state index contributed by atoms with van der Waals surface area (Å²) in [4.78, 5) is 0. The molecule has 1 unspecified atom stereocenters. The van der Waals surface area contributed by atoms with E-state index in [0.717, 1.165) is 42.1 Å². The quantitative estimate of drug-likeness (QED) is 0.866. The minimum Gasteiger partial charge on any atom is -0.490 e. The summed E-state index contributed by atoms with van der Waals surface area (Å²) in [5.74, 6) is 2.32. The normalized spacial score (nSPS) is 19.6. The molecule has 0 fully saturated rings. The van der Waals surface area contributed by atoms with E-state index in [0.29, 0.717) is 13.2 Å². The molecule has 1 aromatic rings. The maximum absolute atomic E-state index is 6.39. The average Bonchev–Trinajstić information content (AvgIpc) is 2.48. The van der Waals surface area contributed by atoms with Crippen LogP contribution in [0.2, 0.25) is 0 Å². The van der Waals surface area contributed by atoms with Gasteiger partial charge in [0.1, 0.15) is 11.4 Å². The third kappa shape index (κ3) is 3.10. The molecule has 0 radical (unpaired) electrons. The first-order valence-corrected chi connectivity index (χ1v) is 7.97. The molecular formula is C17H27NO3. The van der Waals surface area contributed by atoms with Crippen molar-refractivity contribution in [3.05, 3.63) is 17.7 Å². The fourth-order valence-corrected chi connectivity index (χ4v) is 2.94. The predicted molar refractivity (Wildman–Crippen MR) is 84.3 cm³/mol. The summed E-state index contributed by atoms with van der Waals surface area (Å²) in [7, 11) is 0. The highest BCUT2D eigenvalue weighted by Gasteiger charge is 2.37. The lowest BCUT2D eigenvalue weighted by atomic mass is 9.84. The largest absolute Gasteiger partial charge is 0.490 e. The van der Waals surface area contributed by atoms with Crippen molar-refractivity contribution < 1.29 is 14.2 Å². The van der Waals surface area contributed by atoms with Gasteiger partial charge in [-0.2, -0.15) is 0 Å². The van der Waals surface area contributed by atoms with E-state index in [1.807, 2.05) is 26.0 Å². The molecule has 118 valence electrons. The predicted octanol–water partition coefficient (Wildman–Crippen LogP) is 3.83. The molecule has 0 saturated heterocycles. The van der Waals surface area contributed by atoms with Crippen molar-refractivity contribution in [2.75, 3.05) is 13.2 Å². The standard InChI is InChI=1S/C17H27NO3/c1-5-17(6-2)11-13(18)12-9-15(19-7-3)16(20-8-4)10-14(12)21-17/h9-10,13H,5-8,11,18H2,1-4H3. The van der Waals surface area contributed by atoms with Crippen molar-refractivity contribution in [2.24, 2.45) is 5.73 Å². The molecule has 0 aromatic heterocycles. The third-order valence-corrected chi connectivity index (χ3v) is 4.28. The van der Waals surface area contributed by atoms with Crippen molar-refractivity contribution in [2.45, 2.75) is 58.6 Å². The van der Waals surface area contributed by atoms with Gasteiger partial charge in [-0.15, -0.1) is 0 Å². The Labute approximate surface area is 127 Å². The molecule has 1 heterocycles. The molecule has 0 spiro atoms. The fraction of sp³-hybridized carbons (Fsp3) is 0.647. The SMILES string of the molecule is CCOc1cc2c(cc1OCC)C(N)CC(CC)(CC)O2. The molecule has 1 aliphatic heterocycles. The second kappa shape index (κ2) is 6.56. The monoisotopic (exact) mass is 293 g/mol. The molecule has 1 atom stereocenters. The van der Waals surface area contributed by atoms with Crippen LogP contribution in [0.3, 0.4) is 0 Å². The summed E-state index contributed by atoms with van der Waals surface area (Å²) in [6, 6.07) is 3.88. The number of hydrogen-bond donors (Lipinski definition) is 1. The number of ether oxygens (including phenoxy) is 3. The Morgan fingerprint density at radius 1 is 1.10 bits per heavy atom. The molecular weight excluding hydrogens is 266 g/mol. The van der Waals surface area contributed by atoms with E-state index >= 15 is 0 Å². The Kier molecular flexibility index (Phi) is 4.99. The number of benzene rings is 1. The van der Waals surface area contributed by atoms with Gasteiger partial charge in [-0.3, -0.25) is 0 Å². The van der Waals surface area contributed by atoms with E-state index in [9.17, 15) is 0 Å². The maximum Gasteiger partial charge on any atom is 0.164 e. The van der Waals surface area contributed by atoms with Crippen molar-refractivity contribution in [1.82, 2.24) is 0 Å². The van der Waals surface area contributed by atoms with Crippen LogP contribution in [0.1, 0.15) is 58.6 Å². The first-order chi connectivity index (χ1) is 10.1. The second-order valence-electron chi connectivity index (χ2n) is 5.51. The van der Waals surface area contributed by atoms with Gasteiger partial charge in [0.05, 0.1) is 13.2 Å². The van der Waals surface area contributed by atoms with Crippen LogP contribution in [0, 0.1) is 0 Å². The number of rotatable bonds is 6. The summed E-state index contributed by atoms with van der Waals surface area (Å²) in [6.07, 6.45) is 2.74. The highest BCUT2D eigenvalue weighted by Crippen LogP contribution is 2.46. The zero-order valence-electron chi connectivity index (χ0n) is 13.6. The number of nitrogens with two attached hydrogens (primary N) is 1. The minimum absolute atomic E-state index is 0.0245. The number of fused-ring (bicyclic) bond motifs is 1. The van der Waals surface area contributed by atoms with Crippen LogP contribution in [0.15, 0.2) is 12.1 Å². The molecule has 4 heteroatoms. The van der Waals surface area contributed by atoms with Gasteiger partial charge in [0, 0.05) is 24.1 Å². The smallest absolute Gasteiger partial charge is 0.164 e. The molecule has 21 heavy (non-hydrogen) atoms. The lowest BCUT2D eigenvalue weighted by molar-refractivity contribution is 0.0277. The van der Waals surface area contributed by atoms with Gasteiger partial charge in [-0.25, -0.2) is 0 Å². The van der Waals surface area contributed by atoms with Crippen LogP contribution in [0.4, 0.5) is 0 Å². The Morgan fingerprint density at radius 3 is 2.19 bits per heavy atom. The van der Waals surface area contributed by atoms with Crippen molar-refractivity contribution in [1.29, 1.82) is 0 Å². The highest BCUT2D eigenvalue weighted by atomic mass is 16.5. The molecule has 0 amide bonds. The van der Waals surface area contributed by atoms with Crippen LogP contribution >= 0.6 is 0 Å². The highest BCUT2D eigenvalue weighted by molar-refractivity contribution is 5.53. The van der Waals surface area contributed by atoms with Gasteiger partial charge in [-0.05, 0) is 32.8 Å². The van der Waals surface area contributed by atoms with Crippen molar-refractivity contribution in [3.63, 3.8) is 0 Å². The Hall–Kier alpha value is -1.42. The number of hydrogen-bond acceptors (Lipinski definition) is 4. The van der Waals surface area contributed by atoms with Crippen LogP contribution in [-0.4, -0.2) is 18.8 Å². The summed E-state index contributed by atoms with van der Waals surface area (Å²) in [6.45, 7) is 9.42. The lowest BCUT2D eigenvalue weighted by Gasteiger charge is -2.40. The van der Waals surface area contributed by atoms with Crippen LogP contribution in [-0.2, 0) is 0 Å². The van der Waals surface area contributed by atoms with Gasteiger partial charge >= 0.3 is 0 Å². The zero-order valence-corrected chi connectivity index (χ0v) is 13.6. The summed E-state index contributed by atoms with van der Waals surface area (Å²) in [5.41, 5.74) is 7.24. The van der Waals surface area contributed by atoms with Crippen LogP contribution < -0.4 is 19.9 Å². The molecule has 0 saturated carbocycles. The molecule has 1 aromatic carbocycles. The first-order valence-electron chi connectivity index (χ1n) is 7.97.